The van der Waals surface area contributed by atoms with Crippen LogP contribution in [0.5, 0.6) is 0 Å². The molecule has 5 heteroatoms. The molecule has 3 fully saturated rings. The molecular formula is C8H14N2O3. The Hall–Kier alpha value is -0.680. The number of piperidine rings is 3. The molecule has 2 atom stereocenters. The first-order chi connectivity index (χ1) is 6.18. The van der Waals surface area contributed by atoms with Gasteiger partial charge in [-0.05, 0) is 18.8 Å². The Bertz CT molecular complexity index is 211. The second-order valence-electron chi connectivity index (χ2n) is 3.97. The molecule has 0 aromatic heterocycles. The van der Waals surface area contributed by atoms with Crippen molar-refractivity contribution in [2.75, 3.05) is 19.6 Å². The van der Waals surface area contributed by atoms with Crippen molar-refractivity contribution in [1.29, 1.82) is 0 Å². The van der Waals surface area contributed by atoms with Crippen molar-refractivity contribution in [1.82, 2.24) is 4.90 Å². The van der Waals surface area contributed by atoms with Crippen LogP contribution in [0, 0.1) is 22.0 Å². The van der Waals surface area contributed by atoms with Gasteiger partial charge in [0.15, 0.2) is 0 Å². The minimum absolute atomic E-state index is 0.0810. The molecule has 3 aliphatic heterocycles. The highest BCUT2D eigenvalue weighted by Crippen LogP contribution is 2.35. The van der Waals surface area contributed by atoms with Gasteiger partial charge >= 0.3 is 0 Å². The molecule has 0 saturated carbocycles. The molecule has 3 heterocycles. The van der Waals surface area contributed by atoms with Crippen LogP contribution in [0.25, 0.3) is 0 Å². The molecule has 0 aromatic carbocycles. The van der Waals surface area contributed by atoms with Gasteiger partial charge in [0.05, 0.1) is 5.92 Å². The number of nitro groups is 1. The molecule has 13 heavy (non-hydrogen) atoms. The molecule has 0 radical (unpaired) electrons. The Morgan fingerprint density at radius 2 is 2.08 bits per heavy atom. The summed E-state index contributed by atoms with van der Waals surface area (Å²) >= 11 is 0. The van der Waals surface area contributed by atoms with Gasteiger partial charge in [0, 0.05) is 18.0 Å². The molecule has 0 aromatic rings. The zero-order chi connectivity index (χ0) is 9.42. The van der Waals surface area contributed by atoms with Gasteiger partial charge in [-0.1, -0.05) is 0 Å². The minimum atomic E-state index is -0.571. The zero-order valence-corrected chi connectivity index (χ0v) is 7.43. The Morgan fingerprint density at radius 1 is 1.46 bits per heavy atom. The molecule has 1 N–H and O–H groups in total. The molecule has 2 bridgehead atoms. The van der Waals surface area contributed by atoms with Gasteiger partial charge in [0.25, 0.3) is 0 Å². The summed E-state index contributed by atoms with van der Waals surface area (Å²) < 4.78 is 0. The molecule has 3 rings (SSSR count). The lowest BCUT2D eigenvalue weighted by atomic mass is 9.78. The maximum atomic E-state index is 10.4. The average Bonchev–Trinajstić information content (AvgIpc) is 2.11. The van der Waals surface area contributed by atoms with Crippen LogP contribution < -0.4 is 0 Å². The van der Waals surface area contributed by atoms with Crippen molar-refractivity contribution >= 4 is 0 Å². The van der Waals surface area contributed by atoms with Gasteiger partial charge in [0.2, 0.25) is 6.54 Å². The monoisotopic (exact) mass is 186 g/mol. The summed E-state index contributed by atoms with van der Waals surface area (Å²) in [4.78, 5) is 12.0. The van der Waals surface area contributed by atoms with Gasteiger partial charge < -0.3 is 5.11 Å². The van der Waals surface area contributed by atoms with E-state index in [2.05, 4.69) is 0 Å². The van der Waals surface area contributed by atoms with Gasteiger partial charge in [-0.3, -0.25) is 15.0 Å². The maximum absolute atomic E-state index is 10.4. The molecule has 3 aliphatic rings. The van der Waals surface area contributed by atoms with E-state index in [-0.39, 0.29) is 17.4 Å². The van der Waals surface area contributed by atoms with Crippen LogP contribution in [0.4, 0.5) is 0 Å². The van der Waals surface area contributed by atoms with Crippen LogP contribution in [0.2, 0.25) is 0 Å². The number of aliphatic hydroxyl groups is 1. The maximum Gasteiger partial charge on any atom is 0.210 e. The number of rotatable bonds is 2. The van der Waals surface area contributed by atoms with Crippen LogP contribution in [0.1, 0.15) is 12.8 Å². The lowest BCUT2D eigenvalue weighted by molar-refractivity contribution is -0.496. The van der Waals surface area contributed by atoms with E-state index in [0.29, 0.717) is 5.92 Å². The average molecular weight is 186 g/mol. The van der Waals surface area contributed by atoms with Gasteiger partial charge in [-0.25, -0.2) is 0 Å². The Labute approximate surface area is 76.5 Å². The van der Waals surface area contributed by atoms with Crippen molar-refractivity contribution in [2.24, 2.45) is 11.8 Å². The molecule has 0 amide bonds. The summed E-state index contributed by atoms with van der Waals surface area (Å²) in [6.07, 6.45) is 1.45. The fourth-order valence-corrected chi connectivity index (χ4v) is 2.54. The number of hydrogen-bond donors (Lipinski definition) is 1. The third-order valence-electron chi connectivity index (χ3n) is 3.30. The van der Waals surface area contributed by atoms with E-state index in [4.69, 9.17) is 0 Å². The first-order valence-corrected chi connectivity index (χ1v) is 4.72. The van der Waals surface area contributed by atoms with Gasteiger partial charge in [-0.2, -0.15) is 0 Å². The van der Waals surface area contributed by atoms with Crippen molar-refractivity contribution in [3.63, 3.8) is 0 Å². The molecule has 3 saturated heterocycles. The highest BCUT2D eigenvalue weighted by molar-refractivity contribution is 4.89. The molecular weight excluding hydrogens is 172 g/mol. The molecule has 5 nitrogen and oxygen atoms in total. The van der Waals surface area contributed by atoms with E-state index >= 15 is 0 Å². The molecule has 0 aliphatic carbocycles. The summed E-state index contributed by atoms with van der Waals surface area (Å²) in [5.74, 6) is 0.225. The van der Waals surface area contributed by atoms with Gasteiger partial charge in [-0.15, -0.1) is 0 Å². The number of fused-ring (bicyclic) bond motifs is 3. The van der Waals surface area contributed by atoms with E-state index in [1.165, 1.54) is 0 Å². The lowest BCUT2D eigenvalue weighted by Gasteiger charge is -2.46. The van der Waals surface area contributed by atoms with E-state index in [0.717, 1.165) is 25.9 Å². The van der Waals surface area contributed by atoms with Crippen LogP contribution >= 0.6 is 0 Å². The normalized spacial score (nSPS) is 43.5. The van der Waals surface area contributed by atoms with Gasteiger partial charge in [0.1, 0.15) is 6.23 Å². The second kappa shape index (κ2) is 3.23. The SMILES string of the molecule is O=[N+]([O-])CC1C2CCN(CC2)C1O. The van der Waals surface area contributed by atoms with Crippen LogP contribution in [0.3, 0.4) is 0 Å². The highest BCUT2D eigenvalue weighted by atomic mass is 16.6. The predicted molar refractivity (Wildman–Crippen MR) is 45.7 cm³/mol. The minimum Gasteiger partial charge on any atom is -0.378 e. The largest absolute Gasteiger partial charge is 0.378 e. The summed E-state index contributed by atoms with van der Waals surface area (Å²) in [7, 11) is 0. The fourth-order valence-electron chi connectivity index (χ4n) is 2.54. The topological polar surface area (TPSA) is 66.6 Å². The van der Waals surface area contributed by atoms with Crippen molar-refractivity contribution in [3.05, 3.63) is 10.1 Å². The van der Waals surface area contributed by atoms with Crippen LogP contribution in [0.15, 0.2) is 0 Å². The Balaban J connectivity index is 2.05. The first-order valence-electron chi connectivity index (χ1n) is 4.72. The van der Waals surface area contributed by atoms with E-state index in [1.54, 1.807) is 0 Å². The van der Waals surface area contributed by atoms with Crippen molar-refractivity contribution in [3.8, 4) is 0 Å². The first kappa shape index (κ1) is 8.90. The molecule has 2 unspecified atom stereocenters. The van der Waals surface area contributed by atoms with Crippen molar-refractivity contribution in [2.45, 2.75) is 19.1 Å². The van der Waals surface area contributed by atoms with E-state index in [9.17, 15) is 15.2 Å². The van der Waals surface area contributed by atoms with Crippen LogP contribution in [-0.2, 0) is 0 Å². The third kappa shape index (κ3) is 1.53. The predicted octanol–water partition coefficient (Wildman–Crippen LogP) is -0.0767. The van der Waals surface area contributed by atoms with E-state index in [1.807, 2.05) is 4.90 Å². The standard InChI is InChI=1S/C8H14N2O3/c11-8-7(5-10(12)13)6-1-3-9(8)4-2-6/h6-8,11H,1-5H2. The fraction of sp³-hybridized carbons (Fsp3) is 1.00. The van der Waals surface area contributed by atoms with Crippen LogP contribution in [-0.4, -0.2) is 40.8 Å². The summed E-state index contributed by atoms with van der Waals surface area (Å²) in [6.45, 7) is 1.72. The van der Waals surface area contributed by atoms with E-state index < -0.39 is 6.23 Å². The number of aliphatic hydroxyl groups excluding tert-OH is 1. The smallest absolute Gasteiger partial charge is 0.210 e. The van der Waals surface area contributed by atoms with Crippen molar-refractivity contribution < 1.29 is 10.0 Å². The Kier molecular flexibility index (Phi) is 2.21. The molecule has 74 valence electrons. The number of hydrogen-bond acceptors (Lipinski definition) is 4. The lowest BCUT2D eigenvalue weighted by Crippen LogP contribution is -2.56. The summed E-state index contributed by atoms with van der Waals surface area (Å²) in [6, 6.07) is 0. The quantitative estimate of drug-likeness (QED) is 0.484. The highest BCUT2D eigenvalue weighted by Gasteiger charge is 2.43. The zero-order valence-electron chi connectivity index (χ0n) is 7.43. The Morgan fingerprint density at radius 3 is 2.54 bits per heavy atom. The number of nitrogens with zero attached hydrogens (tertiary/aromatic N) is 2. The second-order valence-corrected chi connectivity index (χ2v) is 3.97. The summed E-state index contributed by atoms with van der Waals surface area (Å²) in [5, 5.41) is 20.1. The molecule has 0 spiro atoms. The summed E-state index contributed by atoms with van der Waals surface area (Å²) in [5.41, 5.74) is 0. The third-order valence-corrected chi connectivity index (χ3v) is 3.30.